The van der Waals surface area contributed by atoms with E-state index in [1.165, 1.54) is 6.07 Å². The van der Waals surface area contributed by atoms with Crippen LogP contribution in [-0.4, -0.2) is 4.92 Å². The Kier molecular flexibility index (Phi) is 4.93. The van der Waals surface area contributed by atoms with Crippen LogP contribution in [0.5, 0.6) is 0 Å². The molecule has 0 heterocycles. The number of rotatable bonds is 4. The summed E-state index contributed by atoms with van der Waals surface area (Å²) in [5.74, 6) is 0. The molecule has 2 aromatic rings. The minimum absolute atomic E-state index is 0.0903. The first-order valence-electron chi connectivity index (χ1n) is 6.04. The maximum absolute atomic E-state index is 11.1. The highest BCUT2D eigenvalue weighted by Crippen LogP contribution is 2.34. The van der Waals surface area contributed by atoms with Crippen LogP contribution < -0.4 is 5.32 Å². The highest BCUT2D eigenvalue weighted by molar-refractivity contribution is 6.42. The van der Waals surface area contributed by atoms with E-state index >= 15 is 0 Å². The van der Waals surface area contributed by atoms with Crippen LogP contribution >= 0.6 is 34.8 Å². The van der Waals surface area contributed by atoms with Crippen molar-refractivity contribution in [1.29, 1.82) is 0 Å². The fraction of sp³-hybridized carbons (Fsp3) is 0.143. The van der Waals surface area contributed by atoms with Gasteiger partial charge in [0, 0.05) is 11.1 Å². The third-order valence-corrected chi connectivity index (χ3v) is 4.05. The molecule has 110 valence electrons. The van der Waals surface area contributed by atoms with Gasteiger partial charge in [-0.3, -0.25) is 10.1 Å². The Morgan fingerprint density at radius 1 is 1.19 bits per heavy atom. The molecule has 0 radical (unpaired) electrons. The summed E-state index contributed by atoms with van der Waals surface area (Å²) in [6.45, 7) is 1.84. The van der Waals surface area contributed by atoms with Crippen LogP contribution in [0.3, 0.4) is 0 Å². The van der Waals surface area contributed by atoms with Gasteiger partial charge in [-0.05, 0) is 30.7 Å². The van der Waals surface area contributed by atoms with Crippen LogP contribution in [0.1, 0.15) is 18.5 Å². The molecular formula is C14H11Cl3N2O2. The lowest BCUT2D eigenvalue weighted by molar-refractivity contribution is -0.384. The zero-order valence-electron chi connectivity index (χ0n) is 10.9. The Morgan fingerprint density at radius 3 is 2.57 bits per heavy atom. The Hall–Kier alpha value is -1.49. The Labute approximate surface area is 136 Å². The molecule has 4 nitrogen and oxygen atoms in total. The minimum Gasteiger partial charge on any atom is -0.373 e. The summed E-state index contributed by atoms with van der Waals surface area (Å²) in [6.07, 6.45) is 0. The summed E-state index contributed by atoms with van der Waals surface area (Å²) in [6, 6.07) is 9.47. The van der Waals surface area contributed by atoms with Crippen molar-refractivity contribution in [2.45, 2.75) is 13.0 Å². The van der Waals surface area contributed by atoms with Crippen LogP contribution in [0, 0.1) is 10.1 Å². The number of hydrogen-bond donors (Lipinski definition) is 1. The van der Waals surface area contributed by atoms with E-state index in [1.54, 1.807) is 24.3 Å². The fourth-order valence-electron chi connectivity index (χ4n) is 1.94. The first kappa shape index (κ1) is 15.9. The first-order valence-corrected chi connectivity index (χ1v) is 7.18. The number of benzene rings is 2. The van der Waals surface area contributed by atoms with E-state index in [-0.39, 0.29) is 11.7 Å². The normalized spacial score (nSPS) is 12.0. The van der Waals surface area contributed by atoms with Crippen molar-refractivity contribution in [1.82, 2.24) is 0 Å². The molecule has 0 aliphatic carbocycles. The smallest absolute Gasteiger partial charge is 0.293 e. The van der Waals surface area contributed by atoms with Gasteiger partial charge in [0.1, 0.15) is 5.69 Å². The number of halogens is 3. The second-order valence-corrected chi connectivity index (χ2v) is 5.65. The van der Waals surface area contributed by atoms with E-state index < -0.39 is 4.92 Å². The molecule has 0 bridgehead atoms. The molecule has 0 aliphatic heterocycles. The van der Waals surface area contributed by atoms with Crippen molar-refractivity contribution in [3.63, 3.8) is 0 Å². The molecule has 0 saturated carbocycles. The summed E-state index contributed by atoms with van der Waals surface area (Å²) >= 11 is 17.9. The molecule has 0 aliphatic rings. The average Bonchev–Trinajstić information content (AvgIpc) is 2.43. The predicted octanol–water partition coefficient (Wildman–Crippen LogP) is 5.73. The highest BCUT2D eigenvalue weighted by Gasteiger charge is 2.18. The predicted molar refractivity (Wildman–Crippen MR) is 86.6 cm³/mol. The standard InChI is InChI=1S/C14H11Cl3N2O2/c1-8(10-3-2-4-11(16)14(10)17)18-12-6-5-9(15)7-13(12)19(20)21/h2-8,18H,1H3. The number of anilines is 1. The molecule has 0 fully saturated rings. The lowest BCUT2D eigenvalue weighted by Crippen LogP contribution is -2.09. The summed E-state index contributed by atoms with van der Waals surface area (Å²) in [5, 5.41) is 15.3. The van der Waals surface area contributed by atoms with E-state index in [1.807, 2.05) is 13.0 Å². The van der Waals surface area contributed by atoms with Gasteiger partial charge in [0.15, 0.2) is 0 Å². The lowest BCUT2D eigenvalue weighted by Gasteiger charge is -2.17. The number of nitro benzene ring substituents is 1. The molecule has 0 aromatic heterocycles. The summed E-state index contributed by atoms with van der Waals surface area (Å²) in [7, 11) is 0. The van der Waals surface area contributed by atoms with Crippen LogP contribution in [0.25, 0.3) is 0 Å². The first-order chi connectivity index (χ1) is 9.90. The zero-order valence-corrected chi connectivity index (χ0v) is 13.2. The quantitative estimate of drug-likeness (QED) is 0.569. The number of nitrogens with one attached hydrogen (secondary N) is 1. The van der Waals surface area contributed by atoms with Crippen molar-refractivity contribution >= 4 is 46.2 Å². The van der Waals surface area contributed by atoms with Gasteiger partial charge in [0.2, 0.25) is 0 Å². The van der Waals surface area contributed by atoms with Gasteiger partial charge in [-0.15, -0.1) is 0 Å². The minimum atomic E-state index is -0.486. The van der Waals surface area contributed by atoms with E-state index in [4.69, 9.17) is 34.8 Å². The van der Waals surface area contributed by atoms with Crippen LogP contribution in [-0.2, 0) is 0 Å². The van der Waals surface area contributed by atoms with Crippen molar-refractivity contribution in [3.8, 4) is 0 Å². The molecule has 21 heavy (non-hydrogen) atoms. The third kappa shape index (κ3) is 3.59. The van der Waals surface area contributed by atoms with E-state index in [9.17, 15) is 10.1 Å². The monoisotopic (exact) mass is 344 g/mol. The van der Waals surface area contributed by atoms with Crippen LogP contribution in [0.4, 0.5) is 11.4 Å². The number of nitrogens with zero attached hydrogens (tertiary/aromatic N) is 1. The maximum atomic E-state index is 11.1. The SMILES string of the molecule is CC(Nc1ccc(Cl)cc1[N+](=O)[O-])c1cccc(Cl)c1Cl. The van der Waals surface area contributed by atoms with Gasteiger partial charge < -0.3 is 5.32 Å². The van der Waals surface area contributed by atoms with Crippen molar-refractivity contribution < 1.29 is 4.92 Å². The van der Waals surface area contributed by atoms with Gasteiger partial charge in [-0.1, -0.05) is 46.9 Å². The molecule has 1 N–H and O–H groups in total. The number of hydrogen-bond acceptors (Lipinski definition) is 3. The van der Waals surface area contributed by atoms with E-state index in [0.29, 0.717) is 20.8 Å². The molecule has 0 spiro atoms. The van der Waals surface area contributed by atoms with E-state index in [2.05, 4.69) is 5.32 Å². The maximum Gasteiger partial charge on any atom is 0.293 e. The van der Waals surface area contributed by atoms with Crippen molar-refractivity contribution in [2.24, 2.45) is 0 Å². The van der Waals surface area contributed by atoms with Gasteiger partial charge in [-0.25, -0.2) is 0 Å². The fourth-order valence-corrected chi connectivity index (χ4v) is 2.58. The molecule has 1 unspecified atom stereocenters. The van der Waals surface area contributed by atoms with Crippen LogP contribution in [0.15, 0.2) is 36.4 Å². The molecular weight excluding hydrogens is 335 g/mol. The van der Waals surface area contributed by atoms with E-state index in [0.717, 1.165) is 5.56 Å². The Morgan fingerprint density at radius 2 is 1.90 bits per heavy atom. The summed E-state index contributed by atoms with van der Waals surface area (Å²) in [5.41, 5.74) is 1.04. The molecule has 2 rings (SSSR count). The molecule has 7 heteroatoms. The van der Waals surface area contributed by atoms with Gasteiger partial charge in [0.05, 0.1) is 21.0 Å². The third-order valence-electron chi connectivity index (χ3n) is 2.98. The summed E-state index contributed by atoms with van der Waals surface area (Å²) < 4.78 is 0. The second kappa shape index (κ2) is 6.52. The zero-order chi connectivity index (χ0) is 15.6. The highest BCUT2D eigenvalue weighted by atomic mass is 35.5. The number of nitro groups is 1. The van der Waals surface area contributed by atoms with Crippen LogP contribution in [0.2, 0.25) is 15.1 Å². The Bertz CT molecular complexity index is 692. The molecule has 0 amide bonds. The summed E-state index contributed by atoms with van der Waals surface area (Å²) in [4.78, 5) is 10.6. The van der Waals surface area contributed by atoms with Gasteiger partial charge >= 0.3 is 0 Å². The van der Waals surface area contributed by atoms with Gasteiger partial charge in [-0.2, -0.15) is 0 Å². The van der Waals surface area contributed by atoms with Gasteiger partial charge in [0.25, 0.3) is 5.69 Å². The topological polar surface area (TPSA) is 55.2 Å². The average molecular weight is 346 g/mol. The lowest BCUT2D eigenvalue weighted by atomic mass is 10.1. The molecule has 1 atom stereocenters. The van der Waals surface area contributed by atoms with Crippen molar-refractivity contribution in [2.75, 3.05) is 5.32 Å². The molecule has 0 saturated heterocycles. The largest absolute Gasteiger partial charge is 0.373 e. The second-order valence-electron chi connectivity index (χ2n) is 4.43. The molecule has 2 aromatic carbocycles. The Balaban J connectivity index is 2.34. The van der Waals surface area contributed by atoms with Crippen molar-refractivity contribution in [3.05, 3.63) is 67.1 Å².